The smallest absolute Gasteiger partial charge is 0.274 e. The van der Waals surface area contributed by atoms with Gasteiger partial charge in [0.2, 0.25) is 0 Å². The van der Waals surface area contributed by atoms with E-state index < -0.39 is 23.2 Å². The highest BCUT2D eigenvalue weighted by atomic mass is 32.2. The van der Waals surface area contributed by atoms with E-state index in [1.54, 1.807) is 11.8 Å². The number of rotatable bonds is 2. The lowest BCUT2D eigenvalue weighted by molar-refractivity contribution is -0.104. The topological polar surface area (TPSA) is 20.2 Å². The van der Waals surface area contributed by atoms with Crippen molar-refractivity contribution in [3.05, 3.63) is 0 Å². The summed E-state index contributed by atoms with van der Waals surface area (Å²) in [6.45, 7) is 2.61. The summed E-state index contributed by atoms with van der Waals surface area (Å²) in [4.78, 5) is 0. The summed E-state index contributed by atoms with van der Waals surface area (Å²) in [5.74, 6) is -2.82. The van der Waals surface area contributed by atoms with Gasteiger partial charge in [-0.05, 0) is 12.2 Å². The number of alkyl halides is 2. The van der Waals surface area contributed by atoms with Crippen LogP contribution in [0, 0.1) is 5.92 Å². The van der Waals surface area contributed by atoms with Gasteiger partial charge >= 0.3 is 0 Å². The molecule has 1 N–H and O–H groups in total. The van der Waals surface area contributed by atoms with Crippen molar-refractivity contribution in [3.63, 3.8) is 0 Å². The van der Waals surface area contributed by atoms with Crippen molar-refractivity contribution in [2.45, 2.75) is 30.9 Å². The maximum atomic E-state index is 13.1. The Morgan fingerprint density at radius 2 is 2.17 bits per heavy atom. The maximum Gasteiger partial charge on any atom is 0.274 e. The molecule has 0 aliphatic carbocycles. The number of thioether (sulfide) groups is 1. The van der Waals surface area contributed by atoms with Gasteiger partial charge in [-0.3, -0.25) is 0 Å². The van der Waals surface area contributed by atoms with Crippen LogP contribution in [-0.4, -0.2) is 28.1 Å². The van der Waals surface area contributed by atoms with Crippen LogP contribution in [-0.2, 0) is 0 Å². The molecule has 1 rings (SSSR count). The molecule has 0 saturated carbocycles. The zero-order chi connectivity index (χ0) is 9.41. The van der Waals surface area contributed by atoms with Crippen molar-refractivity contribution in [2.24, 2.45) is 5.92 Å². The summed E-state index contributed by atoms with van der Waals surface area (Å²) < 4.78 is 25.8. The summed E-state index contributed by atoms with van der Waals surface area (Å²) in [5, 5.41) is 8.53. The van der Waals surface area contributed by atoms with Crippen molar-refractivity contribution in [2.75, 3.05) is 12.4 Å². The van der Waals surface area contributed by atoms with E-state index in [2.05, 4.69) is 0 Å². The maximum absolute atomic E-state index is 13.1. The summed E-state index contributed by atoms with van der Waals surface area (Å²) in [5.41, 5.74) is 0. The largest absolute Gasteiger partial charge is 0.390 e. The summed E-state index contributed by atoms with van der Waals surface area (Å²) in [6.07, 6.45) is 0.505. The Bertz CT molecular complexity index is 170. The molecule has 1 aliphatic rings. The molecule has 1 heterocycles. The Kier molecular flexibility index (Phi) is 2.69. The molecular formula is C8H14F2OS. The first-order valence-corrected chi connectivity index (χ1v) is 5.01. The van der Waals surface area contributed by atoms with E-state index in [1.165, 1.54) is 0 Å². The van der Waals surface area contributed by atoms with E-state index in [1.807, 2.05) is 13.8 Å². The molecule has 0 spiro atoms. The molecule has 1 unspecified atom stereocenters. The molecule has 72 valence electrons. The number of hydrogen-bond acceptors (Lipinski definition) is 2. The Labute approximate surface area is 75.5 Å². The monoisotopic (exact) mass is 196 g/mol. The first-order chi connectivity index (χ1) is 5.40. The first-order valence-electron chi connectivity index (χ1n) is 4.03. The Balaban J connectivity index is 2.74. The fourth-order valence-electron chi connectivity index (χ4n) is 1.72. The van der Waals surface area contributed by atoms with Gasteiger partial charge in [0, 0.05) is 10.7 Å². The molecule has 0 amide bonds. The van der Waals surface area contributed by atoms with Gasteiger partial charge in [-0.2, -0.15) is 11.8 Å². The fraction of sp³-hybridized carbons (Fsp3) is 1.00. The second kappa shape index (κ2) is 3.14. The predicted molar refractivity (Wildman–Crippen MR) is 46.7 cm³/mol. The molecule has 4 heteroatoms. The minimum Gasteiger partial charge on any atom is -0.390 e. The van der Waals surface area contributed by atoms with Crippen LogP contribution in [0.1, 0.15) is 20.3 Å². The highest BCUT2D eigenvalue weighted by Gasteiger charge is 2.50. The van der Waals surface area contributed by atoms with E-state index in [9.17, 15) is 8.78 Å². The van der Waals surface area contributed by atoms with Gasteiger partial charge in [-0.15, -0.1) is 0 Å². The van der Waals surface area contributed by atoms with E-state index in [0.717, 1.165) is 5.75 Å². The number of aliphatic hydroxyl groups excluding tert-OH is 1. The molecule has 1 atom stereocenters. The summed E-state index contributed by atoms with van der Waals surface area (Å²) in [6, 6.07) is 0. The molecular weight excluding hydrogens is 182 g/mol. The van der Waals surface area contributed by atoms with Gasteiger partial charge in [0.25, 0.3) is 5.92 Å². The first kappa shape index (κ1) is 10.3. The Hall–Kier alpha value is 0.170. The molecule has 0 bridgehead atoms. The van der Waals surface area contributed by atoms with Crippen molar-refractivity contribution < 1.29 is 13.9 Å². The average molecular weight is 196 g/mol. The van der Waals surface area contributed by atoms with E-state index in [0.29, 0.717) is 6.42 Å². The minimum absolute atomic E-state index is 0.397. The van der Waals surface area contributed by atoms with Gasteiger partial charge in [0.05, 0.1) is 0 Å². The number of hydrogen-bond donors (Lipinski definition) is 1. The second-order valence-corrected chi connectivity index (χ2v) is 5.46. The molecule has 0 aromatic rings. The van der Waals surface area contributed by atoms with Crippen LogP contribution in [0.5, 0.6) is 0 Å². The van der Waals surface area contributed by atoms with Gasteiger partial charge in [0.1, 0.15) is 6.61 Å². The van der Waals surface area contributed by atoms with Crippen molar-refractivity contribution >= 4 is 11.8 Å². The molecule has 1 saturated heterocycles. The van der Waals surface area contributed by atoms with Crippen LogP contribution in [0.25, 0.3) is 0 Å². The number of aliphatic hydroxyl groups is 1. The van der Waals surface area contributed by atoms with Gasteiger partial charge in [-0.1, -0.05) is 13.8 Å². The zero-order valence-corrected chi connectivity index (χ0v) is 8.13. The Morgan fingerprint density at radius 3 is 2.50 bits per heavy atom. The molecule has 1 nitrogen and oxygen atoms in total. The van der Waals surface area contributed by atoms with E-state index in [4.69, 9.17) is 5.11 Å². The third kappa shape index (κ3) is 1.74. The van der Waals surface area contributed by atoms with Gasteiger partial charge in [0.15, 0.2) is 0 Å². The zero-order valence-electron chi connectivity index (χ0n) is 7.31. The normalized spacial score (nSPS) is 29.2. The average Bonchev–Trinajstić information content (AvgIpc) is 2.30. The standard InChI is InChI=1S/C8H14F2OS/c1-7(2)6(3-4-12-7)8(9,10)5-11/h6,11H,3-5H2,1-2H3. The third-order valence-corrected chi connectivity index (χ3v) is 3.91. The van der Waals surface area contributed by atoms with Gasteiger partial charge in [-0.25, -0.2) is 8.78 Å². The third-order valence-electron chi connectivity index (χ3n) is 2.44. The van der Waals surface area contributed by atoms with Crippen LogP contribution in [0.2, 0.25) is 0 Å². The van der Waals surface area contributed by atoms with Crippen LogP contribution in [0.3, 0.4) is 0 Å². The molecule has 0 aromatic heterocycles. The summed E-state index contributed by atoms with van der Waals surface area (Å²) in [7, 11) is 0. The van der Waals surface area contributed by atoms with Gasteiger partial charge < -0.3 is 5.11 Å². The highest BCUT2D eigenvalue weighted by Crippen LogP contribution is 2.49. The van der Waals surface area contributed by atoms with E-state index >= 15 is 0 Å². The highest BCUT2D eigenvalue weighted by molar-refractivity contribution is 8.00. The lowest BCUT2D eigenvalue weighted by Crippen LogP contribution is -2.41. The molecule has 1 aliphatic heterocycles. The molecule has 0 radical (unpaired) electrons. The second-order valence-electron chi connectivity index (χ2n) is 3.71. The van der Waals surface area contributed by atoms with Crippen LogP contribution >= 0.6 is 11.8 Å². The van der Waals surface area contributed by atoms with Crippen molar-refractivity contribution in [1.29, 1.82) is 0 Å². The molecule has 0 aromatic carbocycles. The fourth-order valence-corrected chi connectivity index (χ4v) is 3.09. The predicted octanol–water partition coefficient (Wildman–Crippen LogP) is 2.15. The van der Waals surface area contributed by atoms with Crippen LogP contribution < -0.4 is 0 Å². The molecule has 1 fully saturated rings. The lowest BCUT2D eigenvalue weighted by atomic mass is 9.87. The van der Waals surface area contributed by atoms with Crippen LogP contribution in [0.15, 0.2) is 0 Å². The van der Waals surface area contributed by atoms with Crippen molar-refractivity contribution in [1.82, 2.24) is 0 Å². The number of halogens is 2. The Morgan fingerprint density at radius 1 is 1.58 bits per heavy atom. The summed E-state index contributed by atoms with van der Waals surface area (Å²) >= 11 is 1.56. The SMILES string of the molecule is CC1(C)SCCC1C(F)(F)CO. The van der Waals surface area contributed by atoms with Crippen LogP contribution in [0.4, 0.5) is 8.78 Å². The minimum atomic E-state index is -2.91. The van der Waals surface area contributed by atoms with Crippen molar-refractivity contribution in [3.8, 4) is 0 Å². The lowest BCUT2D eigenvalue weighted by Gasteiger charge is -2.31. The quantitative estimate of drug-likeness (QED) is 0.730. The molecule has 12 heavy (non-hydrogen) atoms. The van der Waals surface area contributed by atoms with E-state index in [-0.39, 0.29) is 0 Å².